The largest absolute Gasteiger partial charge is 0.394 e. The number of rotatable bonds is 5. The number of carbonyl (C=O) groups excluding carboxylic acids is 1. The highest BCUT2D eigenvalue weighted by Gasteiger charge is 2.72. The van der Waals surface area contributed by atoms with E-state index in [1.165, 1.54) is 6.92 Å². The number of primary amides is 1. The van der Waals surface area contributed by atoms with Crippen LogP contribution in [-0.2, 0) is 19.0 Å². The Morgan fingerprint density at radius 1 is 1.27 bits per heavy atom. The molecule has 0 unspecified atom stereocenters. The van der Waals surface area contributed by atoms with Gasteiger partial charge in [0.2, 0.25) is 5.91 Å². The van der Waals surface area contributed by atoms with Gasteiger partial charge in [-0.05, 0) is 6.92 Å². The minimum atomic E-state index is -2.48. The third kappa shape index (κ3) is 2.93. The highest BCUT2D eigenvalue weighted by molar-refractivity contribution is 5.75. The van der Waals surface area contributed by atoms with Crippen LogP contribution in [0, 0.1) is 5.41 Å². The smallest absolute Gasteiger partial charge is 0.218 e. The van der Waals surface area contributed by atoms with E-state index >= 15 is 0 Å². The molecule has 2 fully saturated rings. The molecule has 2 aliphatic heterocycles. The number of hydrogen-bond donors (Lipinski definition) is 7. The van der Waals surface area contributed by atoms with Crippen LogP contribution >= 0.6 is 0 Å². The maximum atomic E-state index is 11.8. The van der Waals surface area contributed by atoms with Crippen LogP contribution in [0.3, 0.4) is 0 Å². The van der Waals surface area contributed by atoms with Crippen LogP contribution < -0.4 is 5.73 Å². The number of ether oxygens (including phenoxy) is 3. The van der Waals surface area contributed by atoms with Crippen LogP contribution in [0.5, 0.6) is 0 Å². The first-order chi connectivity index (χ1) is 12.1. The van der Waals surface area contributed by atoms with E-state index in [4.69, 9.17) is 19.9 Å². The van der Waals surface area contributed by atoms with Crippen molar-refractivity contribution in [3.63, 3.8) is 0 Å². The van der Waals surface area contributed by atoms with Gasteiger partial charge in [0.25, 0.3) is 0 Å². The first-order valence-electron chi connectivity index (χ1n) is 8.21. The van der Waals surface area contributed by atoms with Gasteiger partial charge in [-0.3, -0.25) is 4.79 Å². The molecule has 0 aromatic carbocycles. The number of carbonyl (C=O) groups is 1. The number of amides is 1. The van der Waals surface area contributed by atoms with Crippen LogP contribution in [0.1, 0.15) is 13.3 Å². The summed E-state index contributed by atoms with van der Waals surface area (Å²) >= 11 is 0. The molecule has 2 heterocycles. The van der Waals surface area contributed by atoms with Crippen molar-refractivity contribution >= 4 is 5.91 Å². The summed E-state index contributed by atoms with van der Waals surface area (Å²) in [5.41, 5.74) is 0.623. The van der Waals surface area contributed by atoms with E-state index in [0.717, 1.165) is 7.11 Å². The lowest BCUT2D eigenvalue weighted by Crippen LogP contribution is -2.79. The second-order valence-electron chi connectivity index (χ2n) is 6.86. The van der Waals surface area contributed by atoms with E-state index in [1.807, 2.05) is 0 Å². The molecule has 26 heavy (non-hydrogen) atoms. The minimum absolute atomic E-state index is 0.298. The maximum Gasteiger partial charge on any atom is 0.218 e. The Morgan fingerprint density at radius 2 is 1.88 bits per heavy atom. The fourth-order valence-corrected chi connectivity index (χ4v) is 4.12. The fourth-order valence-electron chi connectivity index (χ4n) is 4.12. The quantitative estimate of drug-likeness (QED) is 0.246. The van der Waals surface area contributed by atoms with Crippen molar-refractivity contribution in [1.82, 2.24) is 0 Å². The van der Waals surface area contributed by atoms with Gasteiger partial charge in [-0.1, -0.05) is 0 Å². The molecule has 2 saturated heterocycles. The molecule has 0 spiro atoms. The lowest BCUT2D eigenvalue weighted by molar-refractivity contribution is -0.390. The molecule has 11 nitrogen and oxygen atoms in total. The molecular formula is C15H27NO10. The average molecular weight is 381 g/mol. The Bertz CT molecular complexity index is 517. The van der Waals surface area contributed by atoms with E-state index in [-0.39, 0.29) is 6.61 Å². The summed E-state index contributed by atoms with van der Waals surface area (Å²) < 4.78 is 15.9. The fraction of sp³-hybridized carbons (Fsp3) is 0.933. The van der Waals surface area contributed by atoms with Gasteiger partial charge < -0.3 is 50.6 Å². The van der Waals surface area contributed by atoms with E-state index < -0.39 is 72.9 Å². The molecule has 0 aliphatic carbocycles. The van der Waals surface area contributed by atoms with Crippen molar-refractivity contribution in [2.45, 2.75) is 61.9 Å². The minimum Gasteiger partial charge on any atom is -0.394 e. The number of aliphatic hydroxyl groups excluding tert-OH is 5. The van der Waals surface area contributed by atoms with Gasteiger partial charge in [0.1, 0.15) is 30.0 Å². The lowest BCUT2D eigenvalue weighted by Gasteiger charge is -2.61. The Morgan fingerprint density at radius 3 is 2.38 bits per heavy atom. The number of aliphatic hydroxyl groups is 6. The Kier molecular flexibility index (Phi) is 6.27. The molecular weight excluding hydrogens is 354 g/mol. The topological polar surface area (TPSA) is 192 Å². The van der Waals surface area contributed by atoms with Crippen LogP contribution in [-0.4, -0.2) is 105 Å². The Labute approximate surface area is 149 Å². The highest BCUT2D eigenvalue weighted by atomic mass is 16.7. The van der Waals surface area contributed by atoms with Gasteiger partial charge in [0.05, 0.1) is 30.8 Å². The molecule has 2 rings (SSSR count). The van der Waals surface area contributed by atoms with Crippen LogP contribution in [0.15, 0.2) is 0 Å². The predicted octanol–water partition coefficient (Wildman–Crippen LogP) is -4.19. The van der Waals surface area contributed by atoms with Gasteiger partial charge in [-0.25, -0.2) is 0 Å². The maximum absolute atomic E-state index is 11.8. The molecule has 11 heteroatoms. The van der Waals surface area contributed by atoms with Crippen LogP contribution in [0.4, 0.5) is 0 Å². The third-order valence-corrected chi connectivity index (χ3v) is 5.51. The number of nitrogens with two attached hydrogens (primary N) is 1. The van der Waals surface area contributed by atoms with Gasteiger partial charge in [0.15, 0.2) is 6.29 Å². The zero-order chi connectivity index (χ0) is 19.9. The molecule has 1 amide bonds. The molecule has 9 atom stereocenters. The van der Waals surface area contributed by atoms with Crippen molar-refractivity contribution in [1.29, 1.82) is 0 Å². The van der Waals surface area contributed by atoms with Gasteiger partial charge in [-0.15, -0.1) is 0 Å². The summed E-state index contributed by atoms with van der Waals surface area (Å²) in [6.07, 6.45) is -11.9. The average Bonchev–Trinajstić information content (AvgIpc) is 2.60. The summed E-state index contributed by atoms with van der Waals surface area (Å²) in [4.78, 5) is 11.8. The number of methoxy groups -OCH3 is 1. The lowest BCUT2D eigenvalue weighted by atomic mass is 9.57. The molecule has 8 N–H and O–H groups in total. The molecule has 152 valence electrons. The van der Waals surface area contributed by atoms with Crippen molar-refractivity contribution < 1.29 is 49.6 Å². The van der Waals surface area contributed by atoms with Gasteiger partial charge >= 0.3 is 0 Å². The van der Waals surface area contributed by atoms with Crippen LogP contribution in [0.2, 0.25) is 0 Å². The first kappa shape index (κ1) is 21.4. The summed E-state index contributed by atoms with van der Waals surface area (Å²) in [6, 6.07) is 0. The molecule has 0 aromatic heterocycles. The zero-order valence-electron chi connectivity index (χ0n) is 14.6. The third-order valence-electron chi connectivity index (χ3n) is 5.51. The molecule has 0 saturated carbocycles. The normalized spacial score (nSPS) is 49.8. The van der Waals surface area contributed by atoms with Crippen molar-refractivity contribution in [3.8, 4) is 0 Å². The van der Waals surface area contributed by atoms with Crippen LogP contribution in [0.25, 0.3) is 0 Å². The molecule has 0 aromatic rings. The van der Waals surface area contributed by atoms with E-state index in [9.17, 15) is 35.4 Å². The van der Waals surface area contributed by atoms with Gasteiger partial charge in [-0.2, -0.15) is 0 Å². The Hall–Kier alpha value is -0.890. The molecule has 2 aliphatic rings. The summed E-state index contributed by atoms with van der Waals surface area (Å²) in [6.45, 7) is 0.385. The summed E-state index contributed by atoms with van der Waals surface area (Å²) in [5, 5.41) is 62.5. The second-order valence-corrected chi connectivity index (χ2v) is 6.86. The second kappa shape index (κ2) is 7.62. The first-order valence-corrected chi connectivity index (χ1v) is 8.21. The summed E-state index contributed by atoms with van der Waals surface area (Å²) in [5.74, 6) is -0.989. The monoisotopic (exact) mass is 381 g/mol. The standard InChI is InChI=1S/C15H27NO10/c1-6-15(23,11(21)7(18)5-25-6)14(3-9(16)19)12(22)10(20)8(4-17)26-13(14)24-2/h6-8,10-13,17-18,20-23H,3-5H2,1-2H3,(H2,16,19)/t6-,7+,8-,10-,11-,12+,13+,14+,15-/m1/s1. The predicted molar refractivity (Wildman–Crippen MR) is 83.4 cm³/mol. The van der Waals surface area contributed by atoms with E-state index in [1.54, 1.807) is 0 Å². The Balaban J connectivity index is 2.67. The van der Waals surface area contributed by atoms with E-state index in [2.05, 4.69) is 0 Å². The SMILES string of the molecule is CO[C@H]1O[C@H](CO)[C@@H](O)[C@H](O)[C@]1(CC(N)=O)[C@]1(O)[C@H](O)[C@@H](O)CO[C@@H]1C. The highest BCUT2D eigenvalue weighted by Crippen LogP contribution is 2.53. The zero-order valence-corrected chi connectivity index (χ0v) is 14.6. The number of hydrogen-bond acceptors (Lipinski definition) is 10. The van der Waals surface area contributed by atoms with Crippen molar-refractivity contribution in [3.05, 3.63) is 0 Å². The van der Waals surface area contributed by atoms with Crippen molar-refractivity contribution in [2.75, 3.05) is 20.3 Å². The summed E-state index contributed by atoms with van der Waals surface area (Å²) in [7, 11) is 1.15. The molecule has 0 radical (unpaired) electrons. The van der Waals surface area contributed by atoms with E-state index in [0.29, 0.717) is 0 Å². The molecule has 0 bridgehead atoms. The van der Waals surface area contributed by atoms with Crippen molar-refractivity contribution in [2.24, 2.45) is 11.1 Å². The van der Waals surface area contributed by atoms with Gasteiger partial charge in [0, 0.05) is 13.5 Å².